The third kappa shape index (κ3) is 2.99. The fourth-order valence-electron chi connectivity index (χ4n) is 3.20. The van der Waals surface area contributed by atoms with Crippen LogP contribution in [0.4, 0.5) is 0 Å². The number of hydrogen-bond donors (Lipinski definition) is 1. The Morgan fingerprint density at radius 2 is 2.04 bits per heavy atom. The summed E-state index contributed by atoms with van der Waals surface area (Å²) in [5.41, 5.74) is 2.03. The molecule has 0 atom stereocenters. The lowest BCUT2D eigenvalue weighted by molar-refractivity contribution is -0.0838. The molecule has 1 aliphatic carbocycles. The summed E-state index contributed by atoms with van der Waals surface area (Å²) in [6.07, 6.45) is 4.73. The van der Waals surface area contributed by atoms with Crippen LogP contribution >= 0.6 is 0 Å². The maximum absolute atomic E-state index is 5.52. The van der Waals surface area contributed by atoms with Crippen molar-refractivity contribution in [1.29, 1.82) is 0 Å². The first kappa shape index (κ1) is 14.7. The summed E-state index contributed by atoms with van der Waals surface area (Å²) in [5, 5.41) is 8.01. The van der Waals surface area contributed by atoms with Crippen molar-refractivity contribution in [2.24, 2.45) is 0 Å². The van der Waals surface area contributed by atoms with Crippen molar-refractivity contribution >= 4 is 0 Å². The number of benzene rings is 1. The second-order valence-electron chi connectivity index (χ2n) is 6.63. The predicted molar refractivity (Wildman–Crippen MR) is 86.5 cm³/mol. The fourth-order valence-corrected chi connectivity index (χ4v) is 3.20. The van der Waals surface area contributed by atoms with Crippen LogP contribution in [0.15, 0.2) is 34.9 Å². The van der Waals surface area contributed by atoms with Gasteiger partial charge >= 0.3 is 0 Å². The Balaban J connectivity index is 1.46. The van der Waals surface area contributed by atoms with Crippen molar-refractivity contribution in [3.8, 4) is 17.1 Å². The molecule has 5 heteroatoms. The molecule has 1 aliphatic heterocycles. The van der Waals surface area contributed by atoms with Gasteiger partial charge in [-0.1, -0.05) is 11.6 Å². The number of hydrogen-bond acceptors (Lipinski definition) is 5. The average molecular weight is 314 g/mol. The molecule has 4 rings (SSSR count). The molecule has 0 spiro atoms. The van der Waals surface area contributed by atoms with E-state index in [4.69, 9.17) is 14.0 Å². The second kappa shape index (κ2) is 5.98. The molecule has 0 radical (unpaired) electrons. The van der Waals surface area contributed by atoms with E-state index in [-0.39, 0.29) is 5.54 Å². The van der Waals surface area contributed by atoms with Crippen LogP contribution in [0.3, 0.4) is 0 Å². The number of nitrogens with one attached hydrogen (secondary N) is 1. The number of nitrogens with zero attached hydrogens (tertiary/aromatic N) is 1. The van der Waals surface area contributed by atoms with Gasteiger partial charge in [0, 0.05) is 24.1 Å². The van der Waals surface area contributed by atoms with E-state index in [9.17, 15) is 0 Å². The number of rotatable bonds is 6. The molecule has 1 saturated heterocycles. The largest absolute Gasteiger partial charge is 0.497 e. The van der Waals surface area contributed by atoms with E-state index in [0.29, 0.717) is 6.04 Å². The van der Waals surface area contributed by atoms with Crippen molar-refractivity contribution in [3.63, 3.8) is 0 Å². The van der Waals surface area contributed by atoms with Crippen LogP contribution in [-0.2, 0) is 11.2 Å². The average Bonchev–Trinajstić information content (AvgIpc) is 2.96. The summed E-state index contributed by atoms with van der Waals surface area (Å²) < 4.78 is 16.2. The Morgan fingerprint density at radius 3 is 2.61 bits per heavy atom. The van der Waals surface area contributed by atoms with Gasteiger partial charge in [0.05, 0.1) is 31.6 Å². The second-order valence-corrected chi connectivity index (χ2v) is 6.63. The van der Waals surface area contributed by atoms with Crippen molar-refractivity contribution in [3.05, 3.63) is 36.0 Å². The van der Waals surface area contributed by atoms with Crippen LogP contribution in [0.5, 0.6) is 5.75 Å². The standard InChI is InChI=1S/C18H22N2O3/c1-21-16-7-5-13(6-8-16)17-9-15(20-23-17)10-18(11-22-12-18)19-14-3-2-4-14/h5-9,14,19H,2-4,10-12H2,1H3. The molecule has 5 nitrogen and oxygen atoms in total. The maximum Gasteiger partial charge on any atom is 0.167 e. The summed E-state index contributed by atoms with van der Waals surface area (Å²) in [4.78, 5) is 0. The lowest BCUT2D eigenvalue weighted by Gasteiger charge is -2.46. The Bertz CT molecular complexity index is 657. The van der Waals surface area contributed by atoms with Crippen molar-refractivity contribution < 1.29 is 14.0 Å². The zero-order valence-corrected chi connectivity index (χ0v) is 13.4. The molecule has 23 heavy (non-hydrogen) atoms. The predicted octanol–water partition coefficient (Wildman–Crippen LogP) is 2.80. The normalized spacial score (nSPS) is 19.9. The highest BCUT2D eigenvalue weighted by molar-refractivity contribution is 5.58. The summed E-state index contributed by atoms with van der Waals surface area (Å²) in [6, 6.07) is 10.5. The Kier molecular flexibility index (Phi) is 3.83. The number of methoxy groups -OCH3 is 1. The topological polar surface area (TPSA) is 56.5 Å². The lowest BCUT2D eigenvalue weighted by atomic mass is 9.85. The maximum atomic E-state index is 5.52. The molecule has 1 aromatic heterocycles. The SMILES string of the molecule is COc1ccc(-c2cc(CC3(NC4CCC4)COC3)no2)cc1. The highest BCUT2D eigenvalue weighted by Gasteiger charge is 2.41. The molecular weight excluding hydrogens is 292 g/mol. The van der Waals surface area contributed by atoms with E-state index in [0.717, 1.165) is 42.4 Å². The van der Waals surface area contributed by atoms with E-state index in [1.165, 1.54) is 19.3 Å². The molecule has 2 aliphatic rings. The molecule has 1 N–H and O–H groups in total. The summed E-state index contributed by atoms with van der Waals surface area (Å²) in [5.74, 6) is 1.63. The molecular formula is C18H22N2O3. The van der Waals surface area contributed by atoms with Crippen molar-refractivity contribution in [2.45, 2.75) is 37.3 Å². The summed E-state index contributed by atoms with van der Waals surface area (Å²) in [6.45, 7) is 1.52. The van der Waals surface area contributed by atoms with Crippen LogP contribution in [0.2, 0.25) is 0 Å². The van der Waals surface area contributed by atoms with Gasteiger partial charge in [0.2, 0.25) is 0 Å². The molecule has 0 bridgehead atoms. The van der Waals surface area contributed by atoms with Gasteiger partial charge in [-0.05, 0) is 37.1 Å². The fraction of sp³-hybridized carbons (Fsp3) is 0.500. The van der Waals surface area contributed by atoms with E-state index in [2.05, 4.69) is 10.5 Å². The Labute approximate surface area is 136 Å². The summed E-state index contributed by atoms with van der Waals surface area (Å²) >= 11 is 0. The minimum absolute atomic E-state index is 0.0408. The zero-order valence-electron chi connectivity index (χ0n) is 13.4. The molecule has 0 amide bonds. The van der Waals surface area contributed by atoms with E-state index >= 15 is 0 Å². The van der Waals surface area contributed by atoms with E-state index in [1.807, 2.05) is 30.3 Å². The molecule has 2 fully saturated rings. The van der Waals surface area contributed by atoms with Crippen LogP contribution in [0.25, 0.3) is 11.3 Å². The molecule has 2 heterocycles. The van der Waals surface area contributed by atoms with Gasteiger partial charge < -0.3 is 19.3 Å². The smallest absolute Gasteiger partial charge is 0.167 e. The molecule has 122 valence electrons. The first-order chi connectivity index (χ1) is 11.3. The van der Waals surface area contributed by atoms with Crippen molar-refractivity contribution in [1.82, 2.24) is 10.5 Å². The van der Waals surface area contributed by atoms with Gasteiger partial charge in [-0.15, -0.1) is 0 Å². The Morgan fingerprint density at radius 1 is 1.26 bits per heavy atom. The quantitative estimate of drug-likeness (QED) is 0.888. The van der Waals surface area contributed by atoms with Gasteiger partial charge in [0.25, 0.3) is 0 Å². The van der Waals surface area contributed by atoms with Crippen LogP contribution in [0.1, 0.15) is 25.0 Å². The minimum atomic E-state index is 0.0408. The van der Waals surface area contributed by atoms with E-state index < -0.39 is 0 Å². The van der Waals surface area contributed by atoms with Gasteiger partial charge in [-0.2, -0.15) is 0 Å². The van der Waals surface area contributed by atoms with Crippen LogP contribution in [0, 0.1) is 0 Å². The highest BCUT2D eigenvalue weighted by Crippen LogP contribution is 2.29. The third-order valence-corrected chi connectivity index (χ3v) is 4.83. The van der Waals surface area contributed by atoms with Gasteiger partial charge in [0.15, 0.2) is 5.76 Å². The van der Waals surface area contributed by atoms with Crippen LogP contribution in [-0.4, -0.2) is 37.1 Å². The molecule has 2 aromatic rings. The van der Waals surface area contributed by atoms with Crippen molar-refractivity contribution in [2.75, 3.05) is 20.3 Å². The van der Waals surface area contributed by atoms with Gasteiger partial charge in [-0.25, -0.2) is 0 Å². The van der Waals surface area contributed by atoms with Crippen LogP contribution < -0.4 is 10.1 Å². The summed E-state index contributed by atoms with van der Waals surface area (Å²) in [7, 11) is 1.66. The number of ether oxygens (including phenoxy) is 2. The molecule has 0 unspecified atom stereocenters. The first-order valence-corrected chi connectivity index (χ1v) is 8.22. The van der Waals surface area contributed by atoms with Gasteiger partial charge in [0.1, 0.15) is 5.75 Å². The number of aromatic nitrogens is 1. The minimum Gasteiger partial charge on any atom is -0.497 e. The van der Waals surface area contributed by atoms with E-state index in [1.54, 1.807) is 7.11 Å². The first-order valence-electron chi connectivity index (χ1n) is 8.22. The zero-order chi connectivity index (χ0) is 15.7. The Hall–Kier alpha value is -1.85. The highest BCUT2D eigenvalue weighted by atomic mass is 16.5. The molecule has 1 saturated carbocycles. The third-order valence-electron chi connectivity index (χ3n) is 4.83. The van der Waals surface area contributed by atoms with Gasteiger partial charge in [-0.3, -0.25) is 0 Å². The molecule has 1 aromatic carbocycles. The monoisotopic (exact) mass is 314 g/mol. The lowest BCUT2D eigenvalue weighted by Crippen LogP contribution is -2.65.